The maximum absolute atomic E-state index is 12.7. The number of nitrogens with zero attached hydrogens (tertiary/aromatic N) is 3. The van der Waals surface area contributed by atoms with Crippen LogP contribution in [-0.2, 0) is 0 Å². The van der Waals surface area contributed by atoms with Crippen molar-refractivity contribution in [3.63, 3.8) is 0 Å². The van der Waals surface area contributed by atoms with Crippen LogP contribution in [0.15, 0.2) is 0 Å². The highest BCUT2D eigenvalue weighted by Gasteiger charge is 2.42. The van der Waals surface area contributed by atoms with E-state index < -0.39 is 12.1 Å². The summed E-state index contributed by atoms with van der Waals surface area (Å²) >= 11 is 1.34. The van der Waals surface area contributed by atoms with Gasteiger partial charge in [-0.3, -0.25) is 0 Å². The molecule has 1 fully saturated rings. The standard InChI is InChI=1S/C13H14F3N3OS/c1-6-17-10(20)9-12(18-6)21-11(19-9)7-2-4-8(5-3-7)13(14,15)16/h7-8H,2-5H2,1H3,(H,17,18,20)/t7-,8-. The first-order valence-electron chi connectivity index (χ1n) is 6.75. The van der Waals surface area contributed by atoms with Crippen LogP contribution in [0.2, 0.25) is 0 Å². The fourth-order valence-electron chi connectivity index (χ4n) is 2.77. The number of rotatable bonds is 1. The van der Waals surface area contributed by atoms with Crippen LogP contribution in [0, 0.1) is 12.8 Å². The molecule has 1 saturated carbocycles. The van der Waals surface area contributed by atoms with Gasteiger partial charge in [0.25, 0.3) is 0 Å². The Morgan fingerprint density at radius 3 is 2.38 bits per heavy atom. The van der Waals surface area contributed by atoms with E-state index >= 15 is 0 Å². The zero-order valence-corrected chi connectivity index (χ0v) is 12.1. The van der Waals surface area contributed by atoms with E-state index in [0.29, 0.717) is 29.0 Å². The van der Waals surface area contributed by atoms with Crippen molar-refractivity contribution in [2.75, 3.05) is 0 Å². The van der Waals surface area contributed by atoms with Gasteiger partial charge in [-0.15, -0.1) is 0 Å². The number of aryl methyl sites for hydroxylation is 1. The predicted molar refractivity (Wildman–Crippen MR) is 72.4 cm³/mol. The third kappa shape index (κ3) is 2.81. The lowest BCUT2D eigenvalue weighted by Crippen LogP contribution is -2.27. The molecule has 0 aromatic carbocycles. The highest BCUT2D eigenvalue weighted by Crippen LogP contribution is 2.44. The van der Waals surface area contributed by atoms with Gasteiger partial charge in [0.05, 0.1) is 10.9 Å². The number of hydrogen-bond donors (Lipinski definition) is 1. The summed E-state index contributed by atoms with van der Waals surface area (Å²) in [6, 6.07) is 0. The van der Waals surface area contributed by atoms with Crippen LogP contribution in [0.1, 0.15) is 42.4 Å². The maximum Gasteiger partial charge on any atom is 0.391 e. The van der Waals surface area contributed by atoms with Gasteiger partial charge in [0.2, 0.25) is 5.88 Å². The minimum Gasteiger partial charge on any atom is -0.492 e. The van der Waals surface area contributed by atoms with Gasteiger partial charge in [0.15, 0.2) is 10.3 Å². The summed E-state index contributed by atoms with van der Waals surface area (Å²) in [6.45, 7) is 1.67. The lowest BCUT2D eigenvalue weighted by molar-refractivity contribution is -0.182. The monoisotopic (exact) mass is 317 g/mol. The van der Waals surface area contributed by atoms with E-state index in [9.17, 15) is 18.3 Å². The van der Waals surface area contributed by atoms with Gasteiger partial charge in [-0.05, 0) is 32.6 Å². The lowest BCUT2D eigenvalue weighted by atomic mass is 9.82. The van der Waals surface area contributed by atoms with Crippen molar-refractivity contribution < 1.29 is 18.3 Å². The molecule has 0 amide bonds. The molecule has 0 spiro atoms. The van der Waals surface area contributed by atoms with Crippen molar-refractivity contribution in [1.82, 2.24) is 15.0 Å². The number of aromatic hydroxyl groups is 1. The average molecular weight is 317 g/mol. The van der Waals surface area contributed by atoms with Crippen LogP contribution in [0.25, 0.3) is 10.3 Å². The molecule has 1 N–H and O–H groups in total. The molecule has 4 nitrogen and oxygen atoms in total. The SMILES string of the molecule is Cc1nc(O)c2nc([C@H]3CC[C@H](C(F)(F)F)CC3)sc2n1. The summed E-state index contributed by atoms with van der Waals surface area (Å²) in [4.78, 5) is 13.0. The van der Waals surface area contributed by atoms with Crippen molar-refractivity contribution in [2.45, 2.75) is 44.7 Å². The van der Waals surface area contributed by atoms with Crippen LogP contribution in [0.3, 0.4) is 0 Å². The minimum absolute atomic E-state index is 0.0162. The molecular weight excluding hydrogens is 303 g/mol. The van der Waals surface area contributed by atoms with E-state index in [0.717, 1.165) is 5.01 Å². The van der Waals surface area contributed by atoms with Gasteiger partial charge in [-0.25, -0.2) is 9.97 Å². The summed E-state index contributed by atoms with van der Waals surface area (Å²) < 4.78 is 38.0. The molecule has 0 saturated heterocycles. The Labute approximate surface area is 123 Å². The predicted octanol–water partition coefficient (Wildman–Crippen LogP) is 3.94. The topological polar surface area (TPSA) is 58.9 Å². The molecule has 114 valence electrons. The molecule has 2 heterocycles. The molecule has 1 aliphatic carbocycles. The van der Waals surface area contributed by atoms with Gasteiger partial charge < -0.3 is 5.11 Å². The number of hydrogen-bond acceptors (Lipinski definition) is 5. The Balaban J connectivity index is 1.81. The Morgan fingerprint density at radius 1 is 1.10 bits per heavy atom. The third-order valence-corrected chi connectivity index (χ3v) is 5.02. The van der Waals surface area contributed by atoms with Crippen molar-refractivity contribution in [2.24, 2.45) is 5.92 Å². The first-order valence-corrected chi connectivity index (χ1v) is 7.57. The van der Waals surface area contributed by atoms with Crippen molar-refractivity contribution in [1.29, 1.82) is 0 Å². The largest absolute Gasteiger partial charge is 0.492 e. The normalized spacial score (nSPS) is 23.6. The highest BCUT2D eigenvalue weighted by atomic mass is 32.1. The molecule has 3 rings (SSSR count). The van der Waals surface area contributed by atoms with Crippen LogP contribution in [-0.4, -0.2) is 26.2 Å². The van der Waals surface area contributed by atoms with E-state index in [1.54, 1.807) is 6.92 Å². The molecule has 1 aliphatic rings. The van der Waals surface area contributed by atoms with Gasteiger partial charge in [0, 0.05) is 5.92 Å². The number of aromatic nitrogens is 3. The number of thiazole rings is 1. The van der Waals surface area contributed by atoms with E-state index in [1.165, 1.54) is 11.3 Å². The van der Waals surface area contributed by atoms with E-state index in [-0.39, 0.29) is 24.6 Å². The fourth-order valence-corrected chi connectivity index (χ4v) is 3.92. The Kier molecular flexibility index (Phi) is 3.51. The fraction of sp³-hybridized carbons (Fsp3) is 0.615. The van der Waals surface area contributed by atoms with Gasteiger partial charge >= 0.3 is 6.18 Å². The minimum atomic E-state index is -4.10. The maximum atomic E-state index is 12.7. The summed E-state index contributed by atoms with van der Waals surface area (Å²) in [5, 5.41) is 10.5. The number of halogens is 3. The summed E-state index contributed by atoms with van der Waals surface area (Å²) in [5.41, 5.74) is 0.346. The molecular formula is C13H14F3N3OS. The second kappa shape index (κ2) is 5.08. The second-order valence-electron chi connectivity index (χ2n) is 5.39. The van der Waals surface area contributed by atoms with E-state index in [1.807, 2.05) is 0 Å². The summed E-state index contributed by atoms with van der Waals surface area (Å²) in [6.07, 6.45) is -2.88. The molecule has 2 aromatic rings. The number of fused-ring (bicyclic) bond motifs is 1. The Bertz CT molecular complexity index is 662. The van der Waals surface area contributed by atoms with E-state index in [2.05, 4.69) is 15.0 Å². The molecule has 0 aliphatic heterocycles. The summed E-state index contributed by atoms with van der Waals surface area (Å²) in [5.74, 6) is -0.888. The highest BCUT2D eigenvalue weighted by molar-refractivity contribution is 7.18. The van der Waals surface area contributed by atoms with Crippen LogP contribution >= 0.6 is 11.3 Å². The quantitative estimate of drug-likeness (QED) is 0.865. The molecule has 2 aromatic heterocycles. The zero-order valence-electron chi connectivity index (χ0n) is 11.3. The van der Waals surface area contributed by atoms with Gasteiger partial charge in [-0.2, -0.15) is 18.2 Å². The second-order valence-corrected chi connectivity index (χ2v) is 6.40. The average Bonchev–Trinajstić information content (AvgIpc) is 2.82. The Morgan fingerprint density at radius 2 is 1.76 bits per heavy atom. The van der Waals surface area contributed by atoms with Crippen LogP contribution in [0.5, 0.6) is 5.88 Å². The van der Waals surface area contributed by atoms with Crippen molar-refractivity contribution in [3.05, 3.63) is 10.8 Å². The lowest BCUT2D eigenvalue weighted by Gasteiger charge is -2.28. The smallest absolute Gasteiger partial charge is 0.391 e. The van der Waals surface area contributed by atoms with Crippen LogP contribution in [0.4, 0.5) is 13.2 Å². The van der Waals surface area contributed by atoms with Gasteiger partial charge in [-0.1, -0.05) is 11.3 Å². The van der Waals surface area contributed by atoms with Crippen molar-refractivity contribution in [3.8, 4) is 5.88 Å². The van der Waals surface area contributed by atoms with Crippen LogP contribution < -0.4 is 0 Å². The Hall–Kier alpha value is -1.44. The first kappa shape index (κ1) is 14.5. The zero-order chi connectivity index (χ0) is 15.2. The van der Waals surface area contributed by atoms with E-state index in [4.69, 9.17) is 0 Å². The molecule has 0 unspecified atom stereocenters. The van der Waals surface area contributed by atoms with Gasteiger partial charge in [0.1, 0.15) is 5.82 Å². The molecule has 0 radical (unpaired) electrons. The third-order valence-electron chi connectivity index (χ3n) is 3.91. The molecule has 0 atom stereocenters. The first-order chi connectivity index (χ1) is 9.84. The van der Waals surface area contributed by atoms with Crippen molar-refractivity contribution >= 4 is 21.7 Å². The summed E-state index contributed by atoms with van der Waals surface area (Å²) in [7, 11) is 0. The number of alkyl halides is 3. The molecule has 0 bridgehead atoms. The molecule has 21 heavy (non-hydrogen) atoms. The molecule has 8 heteroatoms.